The SMILES string of the molecule is COc1cc(/C=N/NC2=NCCCCC2)ccc1O. The average Bonchev–Trinajstić information content (AvgIpc) is 2.69. The molecule has 0 atom stereocenters. The molecule has 1 aliphatic heterocycles. The number of hydrogen-bond acceptors (Lipinski definition) is 5. The van der Waals surface area contributed by atoms with Crippen molar-refractivity contribution in [2.24, 2.45) is 10.1 Å². The van der Waals surface area contributed by atoms with Crippen LogP contribution in [0.5, 0.6) is 11.5 Å². The number of hydrazone groups is 1. The quantitative estimate of drug-likeness (QED) is 0.648. The van der Waals surface area contributed by atoms with Gasteiger partial charge in [-0.05, 0) is 36.6 Å². The van der Waals surface area contributed by atoms with Crippen molar-refractivity contribution in [1.29, 1.82) is 0 Å². The van der Waals surface area contributed by atoms with Crippen molar-refractivity contribution in [3.63, 3.8) is 0 Å². The molecule has 0 unspecified atom stereocenters. The summed E-state index contributed by atoms with van der Waals surface area (Å²) in [5.74, 6) is 1.51. The fraction of sp³-hybridized carbons (Fsp3) is 0.429. The molecule has 0 spiro atoms. The van der Waals surface area contributed by atoms with Crippen LogP contribution in [0.4, 0.5) is 0 Å². The number of aromatic hydroxyl groups is 1. The summed E-state index contributed by atoms with van der Waals surface area (Å²) in [6.07, 6.45) is 6.19. The van der Waals surface area contributed by atoms with Gasteiger partial charge in [-0.2, -0.15) is 5.10 Å². The first-order chi connectivity index (χ1) is 9.29. The van der Waals surface area contributed by atoms with Crippen LogP contribution in [0.1, 0.15) is 31.2 Å². The highest BCUT2D eigenvalue weighted by Crippen LogP contribution is 2.25. The number of hydrogen-bond donors (Lipinski definition) is 2. The summed E-state index contributed by atoms with van der Waals surface area (Å²) in [5.41, 5.74) is 3.84. The third kappa shape index (κ3) is 3.98. The number of rotatable bonds is 3. The van der Waals surface area contributed by atoms with E-state index in [-0.39, 0.29) is 5.75 Å². The molecule has 1 aromatic carbocycles. The van der Waals surface area contributed by atoms with Crippen LogP contribution in [0.25, 0.3) is 0 Å². The van der Waals surface area contributed by atoms with Crippen molar-refractivity contribution in [2.45, 2.75) is 25.7 Å². The Bertz CT molecular complexity index is 484. The van der Waals surface area contributed by atoms with Gasteiger partial charge in [0.1, 0.15) is 5.84 Å². The van der Waals surface area contributed by atoms with Crippen molar-refractivity contribution in [3.8, 4) is 11.5 Å². The van der Waals surface area contributed by atoms with Gasteiger partial charge in [0, 0.05) is 13.0 Å². The first-order valence-corrected chi connectivity index (χ1v) is 6.49. The molecule has 0 saturated heterocycles. The van der Waals surface area contributed by atoms with E-state index >= 15 is 0 Å². The fourth-order valence-electron chi connectivity index (χ4n) is 1.92. The Kier molecular flexibility index (Phi) is 4.78. The Hall–Kier alpha value is -2.04. The van der Waals surface area contributed by atoms with Gasteiger partial charge in [0.05, 0.1) is 13.3 Å². The Morgan fingerprint density at radius 3 is 3.11 bits per heavy atom. The highest BCUT2D eigenvalue weighted by molar-refractivity contribution is 5.85. The molecule has 2 rings (SSSR count). The number of phenols is 1. The first-order valence-electron chi connectivity index (χ1n) is 6.49. The largest absolute Gasteiger partial charge is 0.504 e. The summed E-state index contributed by atoms with van der Waals surface area (Å²) in [6, 6.07) is 5.09. The van der Waals surface area contributed by atoms with Gasteiger partial charge in [-0.15, -0.1) is 0 Å². The fourth-order valence-corrected chi connectivity index (χ4v) is 1.92. The summed E-state index contributed by atoms with van der Waals surface area (Å²) in [4.78, 5) is 4.43. The molecule has 0 saturated carbocycles. The number of nitrogens with zero attached hydrogens (tertiary/aromatic N) is 2. The van der Waals surface area contributed by atoms with E-state index in [1.54, 1.807) is 24.4 Å². The first kappa shape index (κ1) is 13.4. The molecule has 5 nitrogen and oxygen atoms in total. The van der Waals surface area contributed by atoms with E-state index in [0.717, 1.165) is 37.2 Å². The predicted octanol–water partition coefficient (Wildman–Crippen LogP) is 2.30. The smallest absolute Gasteiger partial charge is 0.161 e. The highest BCUT2D eigenvalue weighted by Gasteiger charge is 2.03. The molecule has 0 fully saturated rings. The molecule has 2 N–H and O–H groups in total. The number of phenolic OH excluding ortho intramolecular Hbond substituents is 1. The second-order valence-electron chi connectivity index (χ2n) is 4.44. The zero-order valence-electron chi connectivity index (χ0n) is 11.1. The predicted molar refractivity (Wildman–Crippen MR) is 76.2 cm³/mol. The number of nitrogens with one attached hydrogen (secondary N) is 1. The van der Waals surface area contributed by atoms with Crippen LogP contribution >= 0.6 is 0 Å². The van der Waals surface area contributed by atoms with E-state index in [2.05, 4.69) is 15.5 Å². The minimum absolute atomic E-state index is 0.126. The van der Waals surface area contributed by atoms with Gasteiger partial charge in [0.15, 0.2) is 11.5 Å². The van der Waals surface area contributed by atoms with E-state index in [4.69, 9.17) is 4.74 Å². The van der Waals surface area contributed by atoms with Crippen LogP contribution in [0.3, 0.4) is 0 Å². The molecule has 0 aliphatic carbocycles. The van der Waals surface area contributed by atoms with Gasteiger partial charge < -0.3 is 9.84 Å². The van der Waals surface area contributed by atoms with Gasteiger partial charge >= 0.3 is 0 Å². The number of benzene rings is 1. The summed E-state index contributed by atoms with van der Waals surface area (Å²) >= 11 is 0. The lowest BCUT2D eigenvalue weighted by Gasteiger charge is -2.04. The Labute approximate surface area is 113 Å². The lowest BCUT2D eigenvalue weighted by molar-refractivity contribution is 0.373. The van der Waals surface area contributed by atoms with Crippen molar-refractivity contribution in [2.75, 3.05) is 13.7 Å². The van der Waals surface area contributed by atoms with Gasteiger partial charge in [-0.3, -0.25) is 10.4 Å². The van der Waals surface area contributed by atoms with Crippen LogP contribution in [-0.4, -0.2) is 30.8 Å². The lowest BCUT2D eigenvalue weighted by atomic mass is 10.2. The minimum atomic E-state index is 0.126. The number of methoxy groups -OCH3 is 1. The maximum atomic E-state index is 9.49. The molecule has 5 heteroatoms. The van der Waals surface area contributed by atoms with Crippen LogP contribution in [0.15, 0.2) is 28.3 Å². The van der Waals surface area contributed by atoms with Crippen molar-refractivity contribution in [3.05, 3.63) is 23.8 Å². The van der Waals surface area contributed by atoms with E-state index in [9.17, 15) is 5.11 Å². The minimum Gasteiger partial charge on any atom is -0.504 e. The standard InChI is InChI=1S/C14H19N3O2/c1-19-13-9-11(6-7-12(13)18)10-16-17-14-5-3-2-4-8-15-14/h6-7,9-10,18H,2-5,8H2,1H3,(H,15,17)/b16-10+. The normalized spacial score (nSPS) is 15.9. The number of aliphatic imine (C=N–C) groups is 1. The van der Waals surface area contributed by atoms with Crippen molar-refractivity contribution < 1.29 is 9.84 Å². The summed E-state index contributed by atoms with van der Waals surface area (Å²) in [7, 11) is 1.52. The Balaban J connectivity index is 1.96. The molecule has 0 aromatic heterocycles. The van der Waals surface area contributed by atoms with Crippen LogP contribution in [0.2, 0.25) is 0 Å². The lowest BCUT2D eigenvalue weighted by Crippen LogP contribution is -2.17. The zero-order chi connectivity index (χ0) is 13.5. The topological polar surface area (TPSA) is 66.2 Å². The van der Waals surface area contributed by atoms with Gasteiger partial charge in [-0.1, -0.05) is 6.42 Å². The molecule has 1 aliphatic rings. The number of amidine groups is 1. The second-order valence-corrected chi connectivity index (χ2v) is 4.44. The molecular formula is C14H19N3O2. The highest BCUT2D eigenvalue weighted by atomic mass is 16.5. The zero-order valence-corrected chi connectivity index (χ0v) is 11.1. The molecule has 1 heterocycles. The van der Waals surface area contributed by atoms with Crippen LogP contribution < -0.4 is 10.2 Å². The molecule has 19 heavy (non-hydrogen) atoms. The van der Waals surface area contributed by atoms with Gasteiger partial charge in [0.25, 0.3) is 0 Å². The summed E-state index contributed by atoms with van der Waals surface area (Å²) in [5, 5.41) is 13.7. The van der Waals surface area contributed by atoms with E-state index in [1.165, 1.54) is 13.5 Å². The van der Waals surface area contributed by atoms with Gasteiger partial charge in [-0.25, -0.2) is 0 Å². The second kappa shape index (κ2) is 6.78. The Morgan fingerprint density at radius 1 is 1.37 bits per heavy atom. The van der Waals surface area contributed by atoms with E-state index < -0.39 is 0 Å². The molecule has 1 aromatic rings. The molecule has 0 bridgehead atoms. The monoisotopic (exact) mass is 261 g/mol. The van der Waals surface area contributed by atoms with Gasteiger partial charge in [0.2, 0.25) is 0 Å². The third-order valence-electron chi connectivity index (χ3n) is 2.99. The molecule has 102 valence electrons. The van der Waals surface area contributed by atoms with Crippen LogP contribution in [-0.2, 0) is 0 Å². The maximum Gasteiger partial charge on any atom is 0.161 e. The van der Waals surface area contributed by atoms with E-state index in [1.807, 2.05) is 0 Å². The molecule has 0 amide bonds. The molecular weight excluding hydrogens is 242 g/mol. The third-order valence-corrected chi connectivity index (χ3v) is 2.99. The molecule has 0 radical (unpaired) electrons. The van der Waals surface area contributed by atoms with E-state index in [0.29, 0.717) is 5.75 Å². The van der Waals surface area contributed by atoms with Crippen LogP contribution in [0, 0.1) is 0 Å². The van der Waals surface area contributed by atoms with Crippen molar-refractivity contribution in [1.82, 2.24) is 5.43 Å². The average molecular weight is 261 g/mol. The number of ether oxygens (including phenoxy) is 1. The summed E-state index contributed by atoms with van der Waals surface area (Å²) < 4.78 is 5.04. The summed E-state index contributed by atoms with van der Waals surface area (Å²) in [6.45, 7) is 0.880. The Morgan fingerprint density at radius 2 is 2.26 bits per heavy atom. The maximum absolute atomic E-state index is 9.49. The van der Waals surface area contributed by atoms with Crippen molar-refractivity contribution >= 4 is 12.1 Å².